The number of hydrogen-bond acceptors (Lipinski definition) is 2. The van der Waals surface area contributed by atoms with Crippen LogP contribution in [0.25, 0.3) is 0 Å². The highest BCUT2D eigenvalue weighted by Gasteiger charge is 2.55. The first-order valence-corrected chi connectivity index (χ1v) is 9.24. The lowest BCUT2D eigenvalue weighted by Crippen LogP contribution is -2.61. The Morgan fingerprint density at radius 1 is 1.10 bits per heavy atom. The predicted molar refractivity (Wildman–Crippen MR) is 80.9 cm³/mol. The van der Waals surface area contributed by atoms with E-state index in [0.29, 0.717) is 6.42 Å². The summed E-state index contributed by atoms with van der Waals surface area (Å²) in [5, 5.41) is -0.230. The first-order chi connectivity index (χ1) is 9.66. The van der Waals surface area contributed by atoms with Crippen molar-refractivity contribution in [3.8, 4) is 0 Å². The van der Waals surface area contributed by atoms with E-state index in [4.69, 9.17) is 0 Å². The second-order valence-electron chi connectivity index (χ2n) is 5.97. The van der Waals surface area contributed by atoms with Crippen molar-refractivity contribution >= 4 is 10.0 Å². The molecule has 2 fully saturated rings. The third-order valence-corrected chi connectivity index (χ3v) is 7.25. The van der Waals surface area contributed by atoms with Gasteiger partial charge in [-0.1, -0.05) is 56.5 Å². The average molecular weight is 293 g/mol. The standard InChI is InChI=1S/C16H23NO2S/c1-2-15-16(13-9-5-3-6-10-13)17(20(15,18)19)14-11-7-4-8-12-14/h3,5-6,9-10,14-16H,2,4,7-8,11-12H2,1H3/t15-,16+/m0/s1. The van der Waals surface area contributed by atoms with Crippen molar-refractivity contribution in [1.82, 2.24) is 4.31 Å². The fourth-order valence-corrected chi connectivity index (χ4v) is 6.16. The molecule has 1 aromatic rings. The van der Waals surface area contributed by atoms with Gasteiger partial charge in [-0.05, 0) is 24.8 Å². The smallest absolute Gasteiger partial charge is 0.212 e. The van der Waals surface area contributed by atoms with Crippen LogP contribution in [0.5, 0.6) is 0 Å². The number of sulfonamides is 1. The fourth-order valence-electron chi connectivity index (χ4n) is 3.80. The minimum absolute atomic E-state index is 0.0642. The summed E-state index contributed by atoms with van der Waals surface area (Å²) in [6.07, 6.45) is 6.32. The van der Waals surface area contributed by atoms with E-state index in [0.717, 1.165) is 31.2 Å². The normalized spacial score (nSPS) is 30.9. The van der Waals surface area contributed by atoms with Crippen LogP contribution in [-0.4, -0.2) is 24.0 Å². The third kappa shape index (κ3) is 2.19. The highest BCUT2D eigenvalue weighted by molar-refractivity contribution is 7.91. The highest BCUT2D eigenvalue weighted by atomic mass is 32.2. The lowest BCUT2D eigenvalue weighted by Gasteiger charge is -2.51. The van der Waals surface area contributed by atoms with Gasteiger partial charge in [0, 0.05) is 6.04 Å². The van der Waals surface area contributed by atoms with E-state index in [1.807, 2.05) is 29.4 Å². The largest absolute Gasteiger partial charge is 0.219 e. The maximum absolute atomic E-state index is 12.6. The molecule has 20 heavy (non-hydrogen) atoms. The SMILES string of the molecule is CC[C@H]1[C@@H](c2ccccc2)N(C2CCCCC2)S1(=O)=O. The van der Waals surface area contributed by atoms with E-state index < -0.39 is 10.0 Å². The van der Waals surface area contributed by atoms with Gasteiger partial charge in [-0.15, -0.1) is 0 Å². The molecular weight excluding hydrogens is 270 g/mol. The van der Waals surface area contributed by atoms with Gasteiger partial charge < -0.3 is 0 Å². The van der Waals surface area contributed by atoms with Gasteiger partial charge in [-0.3, -0.25) is 0 Å². The Kier molecular flexibility index (Phi) is 3.87. The van der Waals surface area contributed by atoms with Crippen molar-refractivity contribution in [2.45, 2.75) is 62.8 Å². The Balaban J connectivity index is 1.92. The summed E-state index contributed by atoms with van der Waals surface area (Å²) in [6.45, 7) is 1.98. The van der Waals surface area contributed by atoms with Crippen molar-refractivity contribution in [2.75, 3.05) is 0 Å². The summed E-state index contributed by atoms with van der Waals surface area (Å²) >= 11 is 0. The van der Waals surface area contributed by atoms with Crippen LogP contribution in [0.2, 0.25) is 0 Å². The van der Waals surface area contributed by atoms with Gasteiger partial charge in [0.25, 0.3) is 0 Å². The molecule has 110 valence electrons. The minimum Gasteiger partial charge on any atom is -0.212 e. The second-order valence-corrected chi connectivity index (χ2v) is 8.03. The van der Waals surface area contributed by atoms with Crippen LogP contribution in [-0.2, 0) is 10.0 Å². The number of hydrogen-bond donors (Lipinski definition) is 0. The van der Waals surface area contributed by atoms with E-state index in [1.54, 1.807) is 0 Å². The van der Waals surface area contributed by atoms with Gasteiger partial charge in [-0.2, -0.15) is 4.31 Å². The van der Waals surface area contributed by atoms with E-state index >= 15 is 0 Å². The third-order valence-electron chi connectivity index (χ3n) is 4.78. The van der Waals surface area contributed by atoms with E-state index in [-0.39, 0.29) is 17.3 Å². The monoisotopic (exact) mass is 293 g/mol. The van der Waals surface area contributed by atoms with Gasteiger partial charge in [0.2, 0.25) is 10.0 Å². The highest BCUT2D eigenvalue weighted by Crippen LogP contribution is 2.47. The Bertz CT molecular complexity index is 549. The van der Waals surface area contributed by atoms with Crippen LogP contribution in [0.3, 0.4) is 0 Å². The molecular formula is C16H23NO2S. The maximum atomic E-state index is 12.6. The van der Waals surface area contributed by atoms with Crippen LogP contribution >= 0.6 is 0 Å². The Morgan fingerprint density at radius 2 is 1.75 bits per heavy atom. The Morgan fingerprint density at radius 3 is 2.35 bits per heavy atom. The Hall–Kier alpha value is -0.870. The van der Waals surface area contributed by atoms with Crippen molar-refractivity contribution in [3.05, 3.63) is 35.9 Å². The maximum Gasteiger partial charge on any atom is 0.219 e. The molecule has 0 unspecified atom stereocenters. The zero-order valence-electron chi connectivity index (χ0n) is 12.0. The summed E-state index contributed by atoms with van der Waals surface area (Å²) in [7, 11) is -3.08. The summed E-state index contributed by atoms with van der Waals surface area (Å²) in [6, 6.07) is 10.4. The van der Waals surface area contributed by atoms with Crippen LogP contribution in [0, 0.1) is 0 Å². The molecule has 4 heteroatoms. The Labute approximate surface area is 122 Å². The topological polar surface area (TPSA) is 37.4 Å². The summed E-state index contributed by atoms with van der Waals surface area (Å²) in [5.74, 6) is 0. The predicted octanol–water partition coefficient (Wildman–Crippen LogP) is 3.48. The fraction of sp³-hybridized carbons (Fsp3) is 0.625. The molecule has 0 amide bonds. The van der Waals surface area contributed by atoms with E-state index in [1.165, 1.54) is 6.42 Å². The molecule has 0 spiro atoms. The molecule has 2 atom stereocenters. The van der Waals surface area contributed by atoms with Gasteiger partial charge in [-0.25, -0.2) is 8.42 Å². The first kappa shape index (κ1) is 14.1. The molecule has 0 radical (unpaired) electrons. The quantitative estimate of drug-likeness (QED) is 0.855. The molecule has 1 aliphatic heterocycles. The van der Waals surface area contributed by atoms with Gasteiger partial charge >= 0.3 is 0 Å². The molecule has 3 rings (SSSR count). The molecule has 2 aliphatic rings. The van der Waals surface area contributed by atoms with Crippen LogP contribution in [0.4, 0.5) is 0 Å². The lowest BCUT2D eigenvalue weighted by molar-refractivity contribution is 0.154. The molecule has 1 saturated heterocycles. The van der Waals surface area contributed by atoms with Gasteiger partial charge in [0.1, 0.15) is 0 Å². The van der Waals surface area contributed by atoms with Gasteiger partial charge in [0.05, 0.1) is 11.3 Å². The van der Waals surface area contributed by atoms with Crippen LogP contribution in [0.15, 0.2) is 30.3 Å². The van der Waals surface area contributed by atoms with Crippen molar-refractivity contribution in [1.29, 1.82) is 0 Å². The van der Waals surface area contributed by atoms with Crippen LogP contribution < -0.4 is 0 Å². The molecule has 0 N–H and O–H groups in total. The number of rotatable bonds is 3. The molecule has 1 aliphatic carbocycles. The summed E-state index contributed by atoms with van der Waals surface area (Å²) in [4.78, 5) is 0. The zero-order valence-corrected chi connectivity index (χ0v) is 12.8. The van der Waals surface area contributed by atoms with E-state index in [9.17, 15) is 8.42 Å². The van der Waals surface area contributed by atoms with Crippen molar-refractivity contribution < 1.29 is 8.42 Å². The molecule has 0 bridgehead atoms. The average Bonchev–Trinajstić information content (AvgIpc) is 2.47. The first-order valence-electron chi connectivity index (χ1n) is 7.73. The summed E-state index contributed by atoms with van der Waals surface area (Å²) < 4.78 is 27.0. The number of nitrogens with zero attached hydrogens (tertiary/aromatic N) is 1. The molecule has 1 aromatic carbocycles. The molecule has 1 heterocycles. The molecule has 0 aromatic heterocycles. The van der Waals surface area contributed by atoms with Crippen LogP contribution in [0.1, 0.15) is 57.1 Å². The van der Waals surface area contributed by atoms with Gasteiger partial charge in [0.15, 0.2) is 0 Å². The number of benzene rings is 1. The molecule has 1 saturated carbocycles. The second kappa shape index (κ2) is 5.49. The zero-order chi connectivity index (χ0) is 14.2. The van der Waals surface area contributed by atoms with E-state index in [2.05, 4.69) is 12.1 Å². The lowest BCUT2D eigenvalue weighted by atomic mass is 9.92. The minimum atomic E-state index is -3.08. The molecule has 3 nitrogen and oxygen atoms in total. The van der Waals surface area contributed by atoms with Crippen molar-refractivity contribution in [3.63, 3.8) is 0 Å². The van der Waals surface area contributed by atoms with Crippen molar-refractivity contribution in [2.24, 2.45) is 0 Å². The summed E-state index contributed by atoms with van der Waals surface area (Å²) in [5.41, 5.74) is 1.15.